The number of hydrogen-bond acceptors (Lipinski definition) is 3. The van der Waals surface area contributed by atoms with E-state index >= 15 is 0 Å². The molecule has 3 heteroatoms. The van der Waals surface area contributed by atoms with E-state index in [4.69, 9.17) is 4.74 Å². The lowest BCUT2D eigenvalue weighted by molar-refractivity contribution is -0.154. The molecule has 0 amide bonds. The van der Waals surface area contributed by atoms with Crippen LogP contribution in [-0.4, -0.2) is 22.8 Å². The molecule has 1 saturated heterocycles. The summed E-state index contributed by atoms with van der Waals surface area (Å²) in [6.45, 7) is 8.21. The minimum absolute atomic E-state index is 0.135. The highest BCUT2D eigenvalue weighted by atomic mass is 16.6. The molecule has 4 bridgehead atoms. The quantitative estimate of drug-likeness (QED) is 0.530. The van der Waals surface area contributed by atoms with Gasteiger partial charge in [0.1, 0.15) is 11.7 Å². The van der Waals surface area contributed by atoms with Gasteiger partial charge in [-0.05, 0) is 36.8 Å². The Morgan fingerprint density at radius 1 is 1.33 bits per heavy atom. The Morgan fingerprint density at radius 3 is 2.67 bits per heavy atom. The van der Waals surface area contributed by atoms with E-state index in [-0.39, 0.29) is 22.9 Å². The number of carbonyl (C=O) groups excluding carboxylic acids is 1. The molecule has 3 aliphatic rings. The minimum atomic E-state index is -1.06. The van der Waals surface area contributed by atoms with Crippen LogP contribution in [0, 0.1) is 16.7 Å². The largest absolute Gasteiger partial charge is 0.457 e. The molecule has 0 aromatic rings. The third-order valence-electron chi connectivity index (χ3n) is 5.63. The Labute approximate surface area is 108 Å². The lowest BCUT2D eigenvalue weighted by atomic mass is 9.56. The van der Waals surface area contributed by atoms with Gasteiger partial charge in [0.2, 0.25) is 0 Å². The predicted molar refractivity (Wildman–Crippen MR) is 67.8 cm³/mol. The second-order valence-corrected chi connectivity index (χ2v) is 7.21. The molecule has 0 aromatic heterocycles. The molecule has 2 fully saturated rings. The number of carbonyl (C=O) groups is 1. The van der Waals surface area contributed by atoms with Crippen LogP contribution in [0.4, 0.5) is 0 Å². The number of aliphatic hydroxyl groups is 1. The van der Waals surface area contributed by atoms with E-state index in [1.807, 2.05) is 13.0 Å². The lowest BCUT2D eigenvalue weighted by Gasteiger charge is -2.48. The van der Waals surface area contributed by atoms with Gasteiger partial charge in [0.15, 0.2) is 0 Å². The third kappa shape index (κ3) is 1.16. The predicted octanol–water partition coefficient (Wildman–Crippen LogP) is 2.44. The first-order valence-electron chi connectivity index (χ1n) is 6.85. The molecule has 0 aromatic carbocycles. The van der Waals surface area contributed by atoms with Crippen molar-refractivity contribution in [3.8, 4) is 0 Å². The van der Waals surface area contributed by atoms with Crippen LogP contribution < -0.4 is 0 Å². The molecular weight excluding hydrogens is 228 g/mol. The molecule has 1 heterocycles. The Hall–Kier alpha value is -0.830. The van der Waals surface area contributed by atoms with Crippen molar-refractivity contribution in [3.05, 3.63) is 11.6 Å². The van der Waals surface area contributed by atoms with Crippen molar-refractivity contribution in [2.24, 2.45) is 16.7 Å². The summed E-state index contributed by atoms with van der Waals surface area (Å²) in [6, 6.07) is 0. The smallest absolute Gasteiger partial charge is 0.313 e. The van der Waals surface area contributed by atoms with Crippen LogP contribution in [0.5, 0.6) is 0 Å². The summed E-state index contributed by atoms with van der Waals surface area (Å²) in [5, 5.41) is 11.2. The van der Waals surface area contributed by atoms with Crippen molar-refractivity contribution >= 4 is 5.97 Å². The average molecular weight is 250 g/mol. The molecule has 18 heavy (non-hydrogen) atoms. The van der Waals surface area contributed by atoms with Gasteiger partial charge in [0.05, 0.1) is 5.92 Å². The molecule has 3 rings (SSSR count). The minimum Gasteiger partial charge on any atom is -0.457 e. The number of hydrogen-bond donors (Lipinski definition) is 1. The lowest BCUT2D eigenvalue weighted by Crippen LogP contribution is -2.57. The molecule has 0 spiro atoms. The van der Waals surface area contributed by atoms with Crippen molar-refractivity contribution in [1.29, 1.82) is 0 Å². The fraction of sp³-hybridized carbons (Fsp3) is 0.800. The zero-order chi connectivity index (χ0) is 13.3. The normalized spacial score (nSPS) is 49.4. The molecule has 4 atom stereocenters. The van der Waals surface area contributed by atoms with E-state index in [1.165, 1.54) is 0 Å². The number of esters is 1. The molecule has 1 aliphatic heterocycles. The van der Waals surface area contributed by atoms with Crippen molar-refractivity contribution in [3.63, 3.8) is 0 Å². The Bertz CT molecular complexity index is 451. The van der Waals surface area contributed by atoms with E-state index < -0.39 is 11.5 Å². The van der Waals surface area contributed by atoms with Crippen LogP contribution in [0.1, 0.15) is 47.0 Å². The Morgan fingerprint density at radius 2 is 2.00 bits per heavy atom. The molecule has 0 radical (unpaired) electrons. The van der Waals surface area contributed by atoms with Crippen LogP contribution in [0.3, 0.4) is 0 Å². The van der Waals surface area contributed by atoms with E-state index in [2.05, 4.69) is 20.8 Å². The third-order valence-corrected chi connectivity index (χ3v) is 5.63. The topological polar surface area (TPSA) is 46.5 Å². The fourth-order valence-electron chi connectivity index (χ4n) is 4.51. The van der Waals surface area contributed by atoms with Gasteiger partial charge >= 0.3 is 5.97 Å². The maximum Gasteiger partial charge on any atom is 0.313 e. The van der Waals surface area contributed by atoms with Crippen molar-refractivity contribution in [1.82, 2.24) is 0 Å². The highest BCUT2D eigenvalue weighted by Crippen LogP contribution is 2.62. The van der Waals surface area contributed by atoms with E-state index in [1.54, 1.807) is 0 Å². The summed E-state index contributed by atoms with van der Waals surface area (Å²) in [6.07, 6.45) is 4.70. The summed E-state index contributed by atoms with van der Waals surface area (Å²) in [4.78, 5) is 12.3. The molecule has 1 N–H and O–H groups in total. The summed E-state index contributed by atoms with van der Waals surface area (Å²) < 4.78 is 5.56. The van der Waals surface area contributed by atoms with Crippen molar-refractivity contribution < 1.29 is 14.6 Å². The van der Waals surface area contributed by atoms with Gasteiger partial charge < -0.3 is 9.84 Å². The standard InChI is InChI=1S/C15H22O3/c1-9-8-15(17)10-12(16)18-11(9)14(10,4)7-5-6-13(15,2)3/h8,10-11,17H,5-7H2,1-4H3/t10-,11-,14-,15+/m0/s1. The van der Waals surface area contributed by atoms with Gasteiger partial charge in [0.25, 0.3) is 0 Å². The Kier molecular flexibility index (Phi) is 2.16. The molecule has 1 saturated carbocycles. The second-order valence-electron chi connectivity index (χ2n) is 7.21. The number of ether oxygens (including phenoxy) is 1. The van der Waals surface area contributed by atoms with Gasteiger partial charge in [-0.25, -0.2) is 0 Å². The first kappa shape index (κ1) is 12.2. The maximum absolute atomic E-state index is 12.3. The molecule has 0 unspecified atom stereocenters. The highest BCUT2D eigenvalue weighted by Gasteiger charge is 2.68. The Balaban J connectivity index is 2.27. The molecule has 100 valence electrons. The zero-order valence-electron chi connectivity index (χ0n) is 11.6. The number of rotatable bonds is 0. The van der Waals surface area contributed by atoms with Crippen molar-refractivity contribution in [2.45, 2.75) is 58.7 Å². The summed E-state index contributed by atoms with van der Waals surface area (Å²) in [5.74, 6) is -0.621. The van der Waals surface area contributed by atoms with Crippen LogP contribution >= 0.6 is 0 Å². The summed E-state index contributed by atoms with van der Waals surface area (Å²) >= 11 is 0. The monoisotopic (exact) mass is 250 g/mol. The van der Waals surface area contributed by atoms with Gasteiger partial charge in [-0.1, -0.05) is 27.2 Å². The fourth-order valence-corrected chi connectivity index (χ4v) is 4.51. The van der Waals surface area contributed by atoms with Gasteiger partial charge in [-0.3, -0.25) is 4.79 Å². The molecule has 2 aliphatic carbocycles. The van der Waals surface area contributed by atoms with Crippen LogP contribution in [0.15, 0.2) is 11.6 Å². The first-order valence-corrected chi connectivity index (χ1v) is 6.85. The van der Waals surface area contributed by atoms with E-state index in [0.29, 0.717) is 0 Å². The van der Waals surface area contributed by atoms with E-state index in [0.717, 1.165) is 24.8 Å². The van der Waals surface area contributed by atoms with Crippen LogP contribution in [0.25, 0.3) is 0 Å². The van der Waals surface area contributed by atoms with E-state index in [9.17, 15) is 9.90 Å². The summed E-state index contributed by atoms with van der Waals surface area (Å²) in [5.41, 5.74) is -0.576. The maximum atomic E-state index is 12.3. The van der Waals surface area contributed by atoms with Gasteiger partial charge in [-0.15, -0.1) is 0 Å². The first-order chi connectivity index (χ1) is 8.22. The zero-order valence-corrected chi connectivity index (χ0v) is 11.6. The van der Waals surface area contributed by atoms with Crippen molar-refractivity contribution in [2.75, 3.05) is 0 Å². The van der Waals surface area contributed by atoms with Crippen LogP contribution in [0.2, 0.25) is 0 Å². The molecular formula is C15H22O3. The second kappa shape index (κ2) is 3.19. The average Bonchev–Trinajstić information content (AvgIpc) is 2.38. The summed E-state index contributed by atoms with van der Waals surface area (Å²) in [7, 11) is 0. The molecule has 3 nitrogen and oxygen atoms in total. The van der Waals surface area contributed by atoms with Gasteiger partial charge in [-0.2, -0.15) is 0 Å². The SMILES string of the molecule is CC1=C[C@@]2(O)[C@H]3C(=O)O[C@@H]1[C@@]3(C)CCCC2(C)C. The highest BCUT2D eigenvalue weighted by molar-refractivity contribution is 5.80. The van der Waals surface area contributed by atoms with Crippen LogP contribution in [-0.2, 0) is 9.53 Å². The van der Waals surface area contributed by atoms with Gasteiger partial charge in [0, 0.05) is 5.41 Å².